The summed E-state index contributed by atoms with van der Waals surface area (Å²) in [5.41, 5.74) is 4.35. The van der Waals surface area contributed by atoms with Crippen LogP contribution >= 0.6 is 12.4 Å². The summed E-state index contributed by atoms with van der Waals surface area (Å²) in [5.74, 6) is -0.264. The van der Waals surface area contributed by atoms with Crippen LogP contribution in [0.2, 0.25) is 0 Å². The Morgan fingerprint density at radius 2 is 1.97 bits per heavy atom. The first kappa shape index (κ1) is 21.0. The number of hydrogen-bond acceptors (Lipinski definition) is 3. The first-order valence-corrected chi connectivity index (χ1v) is 9.43. The molecule has 1 aliphatic heterocycles. The molecule has 0 spiro atoms. The number of nitrogens with one attached hydrogen (secondary N) is 1. The van der Waals surface area contributed by atoms with E-state index in [1.165, 1.54) is 12.1 Å². The van der Waals surface area contributed by atoms with E-state index in [1.807, 2.05) is 47.7 Å². The van der Waals surface area contributed by atoms with Crippen molar-refractivity contribution in [2.75, 3.05) is 19.6 Å². The third kappa shape index (κ3) is 4.04. The molecule has 0 aliphatic carbocycles. The molecule has 4 rings (SSSR count). The Hall–Kier alpha value is -2.70. The van der Waals surface area contributed by atoms with E-state index in [2.05, 4.69) is 10.3 Å². The van der Waals surface area contributed by atoms with Crippen molar-refractivity contribution in [3.05, 3.63) is 83.2 Å². The number of pyridine rings is 1. The van der Waals surface area contributed by atoms with Gasteiger partial charge >= 0.3 is 0 Å². The van der Waals surface area contributed by atoms with Crippen LogP contribution in [-0.4, -0.2) is 40.0 Å². The summed E-state index contributed by atoms with van der Waals surface area (Å²) >= 11 is 0. The molecular weight excluding hydrogens is 391 g/mol. The second-order valence-electron chi connectivity index (χ2n) is 7.10. The van der Waals surface area contributed by atoms with Crippen LogP contribution in [-0.2, 0) is 0 Å². The lowest BCUT2D eigenvalue weighted by Crippen LogP contribution is -2.48. The fraction of sp³-hybridized carbons (Fsp3) is 0.273. The topological polar surface area (TPSA) is 50.2 Å². The van der Waals surface area contributed by atoms with Crippen LogP contribution in [0.4, 0.5) is 4.39 Å². The molecule has 1 aromatic carbocycles. The molecule has 5 nitrogen and oxygen atoms in total. The van der Waals surface area contributed by atoms with Gasteiger partial charge in [0, 0.05) is 49.1 Å². The minimum Gasteiger partial charge on any atom is -0.329 e. The number of carbonyl (C=O) groups is 1. The zero-order valence-electron chi connectivity index (χ0n) is 16.4. The van der Waals surface area contributed by atoms with Gasteiger partial charge in [-0.1, -0.05) is 6.07 Å². The molecule has 29 heavy (non-hydrogen) atoms. The first-order valence-electron chi connectivity index (χ1n) is 9.43. The van der Waals surface area contributed by atoms with Crippen molar-refractivity contribution >= 4 is 18.3 Å². The lowest BCUT2D eigenvalue weighted by atomic mass is 10.0. The van der Waals surface area contributed by atoms with Gasteiger partial charge in [-0.05, 0) is 55.8 Å². The van der Waals surface area contributed by atoms with Crippen LogP contribution in [0.5, 0.6) is 0 Å². The number of piperazine rings is 1. The molecule has 1 amide bonds. The molecule has 0 radical (unpaired) electrons. The normalized spacial score (nSPS) is 16.4. The summed E-state index contributed by atoms with van der Waals surface area (Å²) in [6.45, 7) is 6.00. The number of aryl methyl sites for hydroxylation is 1. The van der Waals surface area contributed by atoms with Crippen LogP contribution in [0.15, 0.2) is 54.9 Å². The molecule has 0 bridgehead atoms. The van der Waals surface area contributed by atoms with Gasteiger partial charge in [-0.3, -0.25) is 9.78 Å². The second-order valence-corrected chi connectivity index (χ2v) is 7.10. The highest BCUT2D eigenvalue weighted by Crippen LogP contribution is 2.27. The van der Waals surface area contributed by atoms with Gasteiger partial charge in [0.2, 0.25) is 0 Å². The third-order valence-corrected chi connectivity index (χ3v) is 5.32. The molecule has 2 aromatic heterocycles. The van der Waals surface area contributed by atoms with Gasteiger partial charge in [-0.15, -0.1) is 12.4 Å². The summed E-state index contributed by atoms with van der Waals surface area (Å²) < 4.78 is 15.3. The van der Waals surface area contributed by atoms with E-state index in [0.717, 1.165) is 29.2 Å². The van der Waals surface area contributed by atoms with Crippen molar-refractivity contribution < 1.29 is 9.18 Å². The van der Waals surface area contributed by atoms with Crippen LogP contribution in [0.25, 0.3) is 5.69 Å². The van der Waals surface area contributed by atoms with E-state index in [1.54, 1.807) is 18.3 Å². The van der Waals surface area contributed by atoms with Gasteiger partial charge in [0.1, 0.15) is 5.82 Å². The number of benzene rings is 1. The monoisotopic (exact) mass is 414 g/mol. The van der Waals surface area contributed by atoms with Gasteiger partial charge < -0.3 is 14.8 Å². The van der Waals surface area contributed by atoms with Crippen molar-refractivity contribution in [3.63, 3.8) is 0 Å². The number of hydrogen-bond donors (Lipinski definition) is 1. The molecule has 1 aliphatic rings. The number of halogens is 2. The van der Waals surface area contributed by atoms with Gasteiger partial charge in [0.05, 0.1) is 11.6 Å². The maximum Gasteiger partial charge on any atom is 0.256 e. The Morgan fingerprint density at radius 3 is 2.66 bits per heavy atom. The van der Waals surface area contributed by atoms with Gasteiger partial charge in [-0.2, -0.15) is 0 Å². The molecule has 1 unspecified atom stereocenters. The Bertz CT molecular complexity index is 988. The summed E-state index contributed by atoms with van der Waals surface area (Å²) in [6.07, 6.45) is 3.56. The number of aromatic nitrogens is 2. The maximum atomic E-state index is 13.5. The number of nitrogens with zero attached hydrogens (tertiary/aromatic N) is 3. The standard InChI is InChI=1S/C22H23FN4O.ClH/c1-15-12-20(16(2)27(15)19-7-5-18(23)6-8-19)22(28)26-11-10-25-14-21(26)17-4-3-9-24-13-17;/h3-9,12-13,21,25H,10-11,14H2,1-2H3;1H. The Balaban J connectivity index is 0.00000240. The van der Waals surface area contributed by atoms with Gasteiger partial charge in [0.25, 0.3) is 5.91 Å². The SMILES string of the molecule is Cc1cc(C(=O)N2CCNCC2c2cccnc2)c(C)n1-c1ccc(F)cc1.Cl. The molecule has 1 saturated heterocycles. The van der Waals surface area contributed by atoms with Crippen molar-refractivity contribution in [2.24, 2.45) is 0 Å². The van der Waals surface area contributed by atoms with Crippen LogP contribution in [0.1, 0.15) is 33.4 Å². The molecule has 7 heteroatoms. The zero-order chi connectivity index (χ0) is 19.7. The van der Waals surface area contributed by atoms with E-state index in [-0.39, 0.29) is 30.2 Å². The molecular formula is C22H24ClFN4O. The molecule has 1 N–H and O–H groups in total. The van der Waals surface area contributed by atoms with Crippen LogP contribution in [0.3, 0.4) is 0 Å². The largest absolute Gasteiger partial charge is 0.329 e. The zero-order valence-corrected chi connectivity index (χ0v) is 17.2. The Morgan fingerprint density at radius 1 is 1.21 bits per heavy atom. The number of rotatable bonds is 3. The molecule has 1 atom stereocenters. The Kier molecular flexibility index (Phi) is 6.35. The smallest absolute Gasteiger partial charge is 0.256 e. The van der Waals surface area contributed by atoms with Gasteiger partial charge in [0.15, 0.2) is 0 Å². The van der Waals surface area contributed by atoms with Gasteiger partial charge in [-0.25, -0.2) is 4.39 Å². The summed E-state index contributed by atoms with van der Waals surface area (Å²) in [6, 6.07) is 12.1. The highest BCUT2D eigenvalue weighted by Gasteiger charge is 2.30. The summed E-state index contributed by atoms with van der Waals surface area (Å²) in [5, 5.41) is 3.37. The predicted octanol–water partition coefficient (Wildman–Crippen LogP) is 3.84. The van der Waals surface area contributed by atoms with E-state index in [9.17, 15) is 9.18 Å². The van der Waals surface area contributed by atoms with Crippen molar-refractivity contribution in [1.82, 2.24) is 19.8 Å². The minimum atomic E-state index is -0.275. The average molecular weight is 415 g/mol. The number of carbonyl (C=O) groups excluding carboxylic acids is 1. The van der Waals surface area contributed by atoms with Crippen molar-refractivity contribution in [2.45, 2.75) is 19.9 Å². The Labute approximate surface area is 176 Å². The van der Waals surface area contributed by atoms with Crippen LogP contribution in [0, 0.1) is 19.7 Å². The fourth-order valence-electron chi connectivity index (χ4n) is 3.94. The first-order chi connectivity index (χ1) is 13.6. The average Bonchev–Trinajstić information content (AvgIpc) is 3.03. The lowest BCUT2D eigenvalue weighted by molar-refractivity contribution is 0.0633. The highest BCUT2D eigenvalue weighted by molar-refractivity contribution is 5.96. The molecule has 0 saturated carbocycles. The quantitative estimate of drug-likeness (QED) is 0.708. The third-order valence-electron chi connectivity index (χ3n) is 5.32. The lowest BCUT2D eigenvalue weighted by Gasteiger charge is -2.36. The molecule has 3 heterocycles. The minimum absolute atomic E-state index is 0. The highest BCUT2D eigenvalue weighted by atomic mass is 35.5. The van der Waals surface area contributed by atoms with Crippen LogP contribution < -0.4 is 5.32 Å². The predicted molar refractivity (Wildman–Crippen MR) is 113 cm³/mol. The molecule has 152 valence electrons. The maximum absolute atomic E-state index is 13.5. The second kappa shape index (κ2) is 8.76. The van der Waals surface area contributed by atoms with Crippen molar-refractivity contribution in [1.29, 1.82) is 0 Å². The molecule has 3 aromatic rings. The van der Waals surface area contributed by atoms with E-state index in [0.29, 0.717) is 18.7 Å². The summed E-state index contributed by atoms with van der Waals surface area (Å²) in [7, 11) is 0. The summed E-state index contributed by atoms with van der Waals surface area (Å²) in [4.78, 5) is 19.6. The fourth-order valence-corrected chi connectivity index (χ4v) is 3.94. The van der Waals surface area contributed by atoms with E-state index < -0.39 is 0 Å². The molecule has 1 fully saturated rings. The van der Waals surface area contributed by atoms with E-state index in [4.69, 9.17) is 0 Å². The number of amides is 1. The van der Waals surface area contributed by atoms with Crippen molar-refractivity contribution in [3.8, 4) is 5.69 Å². The van der Waals surface area contributed by atoms with E-state index >= 15 is 0 Å².